The number of anilines is 2. The maximum atomic E-state index is 12.4. The van der Waals surface area contributed by atoms with Crippen molar-refractivity contribution in [2.75, 3.05) is 49.8 Å². The van der Waals surface area contributed by atoms with E-state index < -0.39 is 11.7 Å². The van der Waals surface area contributed by atoms with Gasteiger partial charge >= 0.3 is 5.91 Å². The third-order valence-corrected chi connectivity index (χ3v) is 5.27. The van der Waals surface area contributed by atoms with Gasteiger partial charge in [0.25, 0.3) is 5.78 Å². The van der Waals surface area contributed by atoms with Gasteiger partial charge in [-0.15, -0.1) is 0 Å². The van der Waals surface area contributed by atoms with Crippen molar-refractivity contribution in [3.8, 4) is 0 Å². The topological polar surface area (TPSA) is 53.1 Å². The number of morpholine rings is 1. The van der Waals surface area contributed by atoms with Crippen LogP contribution < -0.4 is 9.80 Å². The van der Waals surface area contributed by atoms with E-state index in [1.165, 1.54) is 11.3 Å². The van der Waals surface area contributed by atoms with Crippen molar-refractivity contribution in [3.05, 3.63) is 59.2 Å². The number of ether oxygens (including phenoxy) is 1. The number of ketones is 1. The molecule has 0 aliphatic carbocycles. The average molecular weight is 379 g/mol. The lowest BCUT2D eigenvalue weighted by Crippen LogP contribution is -2.39. The van der Waals surface area contributed by atoms with Crippen LogP contribution in [0, 0.1) is 6.92 Å². The summed E-state index contributed by atoms with van der Waals surface area (Å²) in [5.41, 5.74) is 4.57. The molecule has 4 rings (SSSR count). The highest BCUT2D eigenvalue weighted by atomic mass is 16.5. The lowest BCUT2D eigenvalue weighted by atomic mass is 10.1. The second-order valence-corrected chi connectivity index (χ2v) is 7.50. The van der Waals surface area contributed by atoms with Gasteiger partial charge in [-0.25, -0.2) is 0 Å². The second-order valence-electron chi connectivity index (χ2n) is 7.50. The van der Waals surface area contributed by atoms with Crippen LogP contribution in [0.4, 0.5) is 11.4 Å². The minimum Gasteiger partial charge on any atom is -0.378 e. The summed E-state index contributed by atoms with van der Waals surface area (Å²) in [7, 11) is 1.96. The van der Waals surface area contributed by atoms with E-state index in [0.717, 1.165) is 31.9 Å². The van der Waals surface area contributed by atoms with Crippen LogP contribution in [0.2, 0.25) is 0 Å². The molecule has 2 aliphatic rings. The SMILES string of the molecule is Cc1ccc2c(c1)C(=O)C(=O)N2CN(C)Cc1ccc(N2CCOCC2)cc1. The van der Waals surface area contributed by atoms with Gasteiger partial charge in [-0.1, -0.05) is 23.8 Å². The number of benzene rings is 2. The predicted molar refractivity (Wildman–Crippen MR) is 109 cm³/mol. The van der Waals surface area contributed by atoms with Crippen LogP contribution in [0.1, 0.15) is 21.5 Å². The average Bonchev–Trinajstić information content (AvgIpc) is 2.93. The van der Waals surface area contributed by atoms with Gasteiger partial charge in [-0.2, -0.15) is 0 Å². The Hall–Kier alpha value is -2.70. The Kier molecular flexibility index (Phi) is 5.15. The summed E-state index contributed by atoms with van der Waals surface area (Å²) in [5.74, 6) is -0.864. The molecule has 2 aliphatic heterocycles. The molecule has 0 atom stereocenters. The molecule has 6 nitrogen and oxygen atoms in total. The molecule has 2 heterocycles. The Morgan fingerprint density at radius 1 is 1.04 bits per heavy atom. The zero-order chi connectivity index (χ0) is 19.7. The highest BCUT2D eigenvalue weighted by molar-refractivity contribution is 6.52. The van der Waals surface area contributed by atoms with Gasteiger partial charge in [0.2, 0.25) is 0 Å². The maximum Gasteiger partial charge on any atom is 0.300 e. The number of fused-ring (bicyclic) bond motifs is 1. The molecule has 2 aromatic carbocycles. The molecule has 1 fully saturated rings. The van der Waals surface area contributed by atoms with Crippen LogP contribution in [-0.4, -0.2) is 56.6 Å². The van der Waals surface area contributed by atoms with E-state index in [2.05, 4.69) is 29.2 Å². The Balaban J connectivity index is 1.41. The van der Waals surface area contributed by atoms with E-state index in [0.29, 0.717) is 24.5 Å². The van der Waals surface area contributed by atoms with Crippen LogP contribution in [0.5, 0.6) is 0 Å². The molecule has 28 heavy (non-hydrogen) atoms. The Bertz CT molecular complexity index is 888. The number of hydrogen-bond donors (Lipinski definition) is 0. The van der Waals surface area contributed by atoms with Gasteiger partial charge in [0.15, 0.2) is 0 Å². The van der Waals surface area contributed by atoms with Gasteiger partial charge in [0, 0.05) is 25.3 Å². The first-order valence-corrected chi connectivity index (χ1v) is 9.60. The van der Waals surface area contributed by atoms with Crippen molar-refractivity contribution in [3.63, 3.8) is 0 Å². The lowest BCUT2D eigenvalue weighted by molar-refractivity contribution is -0.114. The van der Waals surface area contributed by atoms with Crippen molar-refractivity contribution in [1.82, 2.24) is 4.90 Å². The first-order chi connectivity index (χ1) is 13.5. The normalized spacial score (nSPS) is 16.8. The van der Waals surface area contributed by atoms with Gasteiger partial charge in [-0.3, -0.25) is 19.4 Å². The van der Waals surface area contributed by atoms with Crippen molar-refractivity contribution in [1.29, 1.82) is 0 Å². The number of rotatable bonds is 5. The summed E-state index contributed by atoms with van der Waals surface area (Å²) >= 11 is 0. The second kappa shape index (κ2) is 7.73. The van der Waals surface area contributed by atoms with Crippen molar-refractivity contribution >= 4 is 23.1 Å². The molecule has 6 heteroatoms. The minimum atomic E-state index is -0.449. The molecule has 0 unspecified atom stereocenters. The fourth-order valence-corrected chi connectivity index (χ4v) is 3.79. The summed E-state index contributed by atoms with van der Waals surface area (Å²) in [6.45, 7) is 6.39. The molecule has 1 amide bonds. The van der Waals surface area contributed by atoms with Crippen LogP contribution in [0.3, 0.4) is 0 Å². The van der Waals surface area contributed by atoms with Gasteiger partial charge < -0.3 is 9.64 Å². The fourth-order valence-electron chi connectivity index (χ4n) is 3.79. The van der Waals surface area contributed by atoms with Crippen molar-refractivity contribution < 1.29 is 14.3 Å². The number of carbonyl (C=O) groups is 2. The molecule has 0 aromatic heterocycles. The third-order valence-electron chi connectivity index (χ3n) is 5.27. The first-order valence-electron chi connectivity index (χ1n) is 9.60. The van der Waals surface area contributed by atoms with Crippen LogP contribution in [0.25, 0.3) is 0 Å². The van der Waals surface area contributed by atoms with Crippen molar-refractivity contribution in [2.45, 2.75) is 13.5 Å². The molecule has 146 valence electrons. The summed E-state index contributed by atoms with van der Waals surface area (Å²) in [6.07, 6.45) is 0. The molecule has 0 bridgehead atoms. The van der Waals surface area contributed by atoms with E-state index in [9.17, 15) is 9.59 Å². The number of aryl methyl sites for hydroxylation is 1. The monoisotopic (exact) mass is 379 g/mol. The number of Topliss-reactive ketones (excluding diaryl/α,β-unsaturated/α-hetero) is 1. The molecule has 0 saturated carbocycles. The summed E-state index contributed by atoms with van der Waals surface area (Å²) < 4.78 is 5.40. The molecular formula is C22H25N3O3. The van der Waals surface area contributed by atoms with Crippen LogP contribution in [-0.2, 0) is 16.1 Å². The highest BCUT2D eigenvalue weighted by Crippen LogP contribution is 2.30. The van der Waals surface area contributed by atoms with Gasteiger partial charge in [0.05, 0.1) is 31.1 Å². The summed E-state index contributed by atoms with van der Waals surface area (Å²) in [4.78, 5) is 30.6. The maximum absolute atomic E-state index is 12.4. The molecule has 0 spiro atoms. The highest BCUT2D eigenvalue weighted by Gasteiger charge is 2.36. The molecule has 0 N–H and O–H groups in total. The number of nitrogens with zero attached hydrogens (tertiary/aromatic N) is 3. The van der Waals surface area contributed by atoms with Crippen LogP contribution in [0.15, 0.2) is 42.5 Å². The van der Waals surface area contributed by atoms with Gasteiger partial charge in [-0.05, 0) is 43.8 Å². The predicted octanol–water partition coefficient (Wildman–Crippen LogP) is 2.45. The first kappa shape index (κ1) is 18.7. The van der Waals surface area contributed by atoms with Crippen molar-refractivity contribution in [2.24, 2.45) is 0 Å². The van der Waals surface area contributed by atoms with E-state index >= 15 is 0 Å². The zero-order valence-corrected chi connectivity index (χ0v) is 16.4. The standard InChI is InChI=1S/C22H25N3O3/c1-16-3-8-20-19(13-16)21(26)22(27)25(20)15-23(2)14-17-4-6-18(7-5-17)24-9-11-28-12-10-24/h3-8,13H,9-12,14-15H2,1-2H3. The van der Waals surface area contributed by atoms with Gasteiger partial charge in [0.1, 0.15) is 0 Å². The molecule has 2 aromatic rings. The number of amides is 1. The molecule has 0 radical (unpaired) electrons. The fraction of sp³-hybridized carbons (Fsp3) is 0.364. The number of hydrogen-bond acceptors (Lipinski definition) is 5. The molecule has 1 saturated heterocycles. The van der Waals surface area contributed by atoms with E-state index in [4.69, 9.17) is 4.74 Å². The number of carbonyl (C=O) groups excluding carboxylic acids is 2. The van der Waals surface area contributed by atoms with Crippen LogP contribution >= 0.6 is 0 Å². The summed E-state index contributed by atoms with van der Waals surface area (Å²) in [5, 5.41) is 0. The Morgan fingerprint density at radius 3 is 2.46 bits per heavy atom. The third kappa shape index (κ3) is 3.66. The lowest BCUT2D eigenvalue weighted by Gasteiger charge is -2.29. The Morgan fingerprint density at radius 2 is 1.75 bits per heavy atom. The molecular weight excluding hydrogens is 354 g/mol. The van der Waals surface area contributed by atoms with E-state index in [1.807, 2.05) is 31.0 Å². The van der Waals surface area contributed by atoms with E-state index in [-0.39, 0.29) is 0 Å². The van der Waals surface area contributed by atoms with E-state index in [1.54, 1.807) is 11.0 Å². The largest absolute Gasteiger partial charge is 0.378 e. The zero-order valence-electron chi connectivity index (χ0n) is 16.4. The Labute approximate surface area is 165 Å². The smallest absolute Gasteiger partial charge is 0.300 e. The quantitative estimate of drug-likeness (QED) is 0.747. The minimum absolute atomic E-state index is 0.381. The summed E-state index contributed by atoms with van der Waals surface area (Å²) in [6, 6.07) is 14.1.